The van der Waals surface area contributed by atoms with Gasteiger partial charge in [0, 0.05) is 12.0 Å². The molecule has 0 radical (unpaired) electrons. The lowest BCUT2D eigenvalue weighted by atomic mass is 9.71. The third-order valence-electron chi connectivity index (χ3n) is 4.62. The van der Waals surface area contributed by atoms with Gasteiger partial charge in [0.2, 0.25) is 11.8 Å². The standard InChI is InChI=1S/C17H14N4O2/c1-3-7-21-14-10(2)5-4-6-11(14)17(16(21)23)8-13(22)19-15-12(17)9-18-20-15/h1,4-6,9H,7-8H2,2H3,(H2,18,19,20,22)/t17-/m0/s1. The summed E-state index contributed by atoms with van der Waals surface area (Å²) >= 11 is 0. The predicted octanol–water partition coefficient (Wildman–Crippen LogP) is 1.33. The highest BCUT2D eigenvalue weighted by Gasteiger charge is 2.56. The number of hydrogen-bond donors (Lipinski definition) is 2. The molecular weight excluding hydrogens is 292 g/mol. The maximum Gasteiger partial charge on any atom is 0.243 e. The van der Waals surface area contributed by atoms with E-state index < -0.39 is 5.41 Å². The summed E-state index contributed by atoms with van der Waals surface area (Å²) in [5, 5.41) is 9.50. The van der Waals surface area contributed by atoms with Crippen molar-refractivity contribution in [2.45, 2.75) is 18.8 Å². The Morgan fingerprint density at radius 3 is 3.00 bits per heavy atom. The van der Waals surface area contributed by atoms with E-state index in [2.05, 4.69) is 21.4 Å². The highest BCUT2D eigenvalue weighted by Crippen LogP contribution is 2.52. The van der Waals surface area contributed by atoms with E-state index in [4.69, 9.17) is 6.42 Å². The molecule has 6 nitrogen and oxygen atoms in total. The van der Waals surface area contributed by atoms with Crippen molar-refractivity contribution in [1.29, 1.82) is 0 Å². The summed E-state index contributed by atoms with van der Waals surface area (Å²) in [5.74, 6) is 2.63. The van der Waals surface area contributed by atoms with Crippen molar-refractivity contribution in [2.24, 2.45) is 0 Å². The molecule has 2 aliphatic rings. The number of fused-ring (bicyclic) bond motifs is 4. The summed E-state index contributed by atoms with van der Waals surface area (Å²) in [4.78, 5) is 27.1. The van der Waals surface area contributed by atoms with E-state index >= 15 is 0 Å². The van der Waals surface area contributed by atoms with Crippen LogP contribution in [0.25, 0.3) is 0 Å². The number of amides is 2. The van der Waals surface area contributed by atoms with Gasteiger partial charge in [-0.2, -0.15) is 5.10 Å². The van der Waals surface area contributed by atoms with Crippen molar-refractivity contribution in [3.8, 4) is 12.3 Å². The summed E-state index contributed by atoms with van der Waals surface area (Å²) in [7, 11) is 0. The molecule has 2 N–H and O–H groups in total. The number of H-pyrrole nitrogens is 1. The Balaban J connectivity index is 2.06. The molecule has 3 heterocycles. The molecule has 2 amide bonds. The maximum atomic E-state index is 13.3. The molecule has 0 saturated carbocycles. The van der Waals surface area contributed by atoms with Crippen LogP contribution in [-0.4, -0.2) is 28.6 Å². The van der Waals surface area contributed by atoms with Gasteiger partial charge in [-0.15, -0.1) is 6.42 Å². The van der Waals surface area contributed by atoms with E-state index in [1.807, 2.05) is 25.1 Å². The van der Waals surface area contributed by atoms with Crippen molar-refractivity contribution >= 4 is 23.3 Å². The number of aromatic nitrogens is 2. The van der Waals surface area contributed by atoms with Crippen molar-refractivity contribution in [2.75, 3.05) is 16.8 Å². The molecule has 6 heteroatoms. The highest BCUT2D eigenvalue weighted by molar-refractivity contribution is 6.16. The van der Waals surface area contributed by atoms with Crippen molar-refractivity contribution < 1.29 is 9.59 Å². The SMILES string of the molecule is C#CCN1C(=O)[C@@]2(CC(=O)Nc3[nH]ncc32)c2cccc(C)c21. The van der Waals surface area contributed by atoms with Gasteiger partial charge in [0.05, 0.1) is 18.4 Å². The Hall–Kier alpha value is -3.07. The highest BCUT2D eigenvalue weighted by atomic mass is 16.2. The largest absolute Gasteiger partial charge is 0.311 e. The Morgan fingerprint density at radius 1 is 1.39 bits per heavy atom. The van der Waals surface area contributed by atoms with Gasteiger partial charge < -0.3 is 5.32 Å². The number of aromatic amines is 1. The second-order valence-electron chi connectivity index (χ2n) is 5.86. The topological polar surface area (TPSA) is 78.1 Å². The van der Waals surface area contributed by atoms with E-state index in [1.54, 1.807) is 11.1 Å². The van der Waals surface area contributed by atoms with Crippen LogP contribution in [0.15, 0.2) is 24.4 Å². The number of anilines is 2. The van der Waals surface area contributed by atoms with Gasteiger partial charge in [-0.05, 0) is 18.1 Å². The number of carbonyl (C=O) groups is 2. The summed E-state index contributed by atoms with van der Waals surface area (Å²) in [6, 6.07) is 5.73. The first-order valence-corrected chi connectivity index (χ1v) is 7.29. The van der Waals surface area contributed by atoms with Gasteiger partial charge in [0.1, 0.15) is 11.2 Å². The molecule has 1 aromatic carbocycles. The number of carbonyl (C=O) groups excluding carboxylic acids is 2. The Morgan fingerprint density at radius 2 is 2.22 bits per heavy atom. The number of para-hydroxylation sites is 1. The van der Waals surface area contributed by atoms with Crippen LogP contribution >= 0.6 is 0 Å². The monoisotopic (exact) mass is 306 g/mol. The van der Waals surface area contributed by atoms with Crippen LogP contribution in [0, 0.1) is 19.3 Å². The van der Waals surface area contributed by atoms with Crippen LogP contribution in [0.2, 0.25) is 0 Å². The van der Waals surface area contributed by atoms with E-state index in [1.165, 1.54) is 0 Å². The first kappa shape index (κ1) is 13.6. The van der Waals surface area contributed by atoms with Gasteiger partial charge in [-0.25, -0.2) is 0 Å². The van der Waals surface area contributed by atoms with Crippen LogP contribution in [0.5, 0.6) is 0 Å². The number of nitrogens with one attached hydrogen (secondary N) is 2. The smallest absolute Gasteiger partial charge is 0.243 e. The minimum absolute atomic E-state index is 0.0515. The Labute approximate surface area is 132 Å². The average Bonchev–Trinajstić information content (AvgIpc) is 3.07. The number of nitrogens with zero attached hydrogens (tertiary/aromatic N) is 2. The quantitative estimate of drug-likeness (QED) is 0.780. The molecule has 2 aliphatic heterocycles. The molecule has 1 atom stereocenters. The van der Waals surface area contributed by atoms with Crippen LogP contribution < -0.4 is 10.2 Å². The van der Waals surface area contributed by atoms with Crippen molar-refractivity contribution in [3.63, 3.8) is 0 Å². The summed E-state index contributed by atoms with van der Waals surface area (Å²) in [6.45, 7) is 2.11. The van der Waals surface area contributed by atoms with Gasteiger partial charge in [0.25, 0.3) is 0 Å². The Bertz CT molecular complexity index is 892. The fraction of sp³-hybridized carbons (Fsp3) is 0.235. The molecule has 0 unspecified atom stereocenters. The number of benzene rings is 1. The molecular formula is C17H14N4O2. The summed E-state index contributed by atoms with van der Waals surface area (Å²) in [6.07, 6.45) is 7.12. The molecule has 0 fully saturated rings. The minimum atomic E-state index is -1.05. The summed E-state index contributed by atoms with van der Waals surface area (Å²) in [5.41, 5.74) is 2.21. The molecule has 23 heavy (non-hydrogen) atoms. The fourth-order valence-corrected chi connectivity index (χ4v) is 3.71. The van der Waals surface area contributed by atoms with Gasteiger partial charge in [-0.3, -0.25) is 19.6 Å². The van der Waals surface area contributed by atoms with Crippen LogP contribution in [0.3, 0.4) is 0 Å². The number of terminal acetylenes is 1. The van der Waals surface area contributed by atoms with E-state index in [9.17, 15) is 9.59 Å². The molecule has 0 aliphatic carbocycles. The molecule has 4 rings (SSSR count). The predicted molar refractivity (Wildman–Crippen MR) is 85.0 cm³/mol. The average molecular weight is 306 g/mol. The lowest BCUT2D eigenvalue weighted by Crippen LogP contribution is -2.46. The second kappa shape index (κ2) is 4.46. The van der Waals surface area contributed by atoms with Crippen LogP contribution in [0.4, 0.5) is 11.5 Å². The number of hydrogen-bond acceptors (Lipinski definition) is 3. The van der Waals surface area contributed by atoms with E-state index in [0.29, 0.717) is 11.4 Å². The van der Waals surface area contributed by atoms with E-state index in [-0.39, 0.29) is 24.8 Å². The molecule has 114 valence electrons. The molecule has 2 aromatic rings. The third kappa shape index (κ3) is 1.56. The van der Waals surface area contributed by atoms with Crippen LogP contribution in [0.1, 0.15) is 23.1 Å². The molecule has 1 spiro atoms. The van der Waals surface area contributed by atoms with Gasteiger partial charge in [-0.1, -0.05) is 24.1 Å². The lowest BCUT2D eigenvalue weighted by Gasteiger charge is -2.31. The number of rotatable bonds is 1. The van der Waals surface area contributed by atoms with Crippen LogP contribution in [-0.2, 0) is 15.0 Å². The zero-order valence-electron chi connectivity index (χ0n) is 12.5. The second-order valence-corrected chi connectivity index (χ2v) is 5.86. The lowest BCUT2D eigenvalue weighted by molar-refractivity contribution is -0.126. The zero-order chi connectivity index (χ0) is 16.2. The molecule has 0 bridgehead atoms. The first-order chi connectivity index (χ1) is 11.1. The molecule has 1 aromatic heterocycles. The Kier molecular flexibility index (Phi) is 2.64. The first-order valence-electron chi connectivity index (χ1n) is 7.29. The van der Waals surface area contributed by atoms with Crippen molar-refractivity contribution in [3.05, 3.63) is 41.1 Å². The van der Waals surface area contributed by atoms with Gasteiger partial charge in [0.15, 0.2) is 0 Å². The van der Waals surface area contributed by atoms with Crippen molar-refractivity contribution in [1.82, 2.24) is 10.2 Å². The molecule has 0 saturated heterocycles. The third-order valence-corrected chi connectivity index (χ3v) is 4.62. The summed E-state index contributed by atoms with van der Waals surface area (Å²) < 4.78 is 0. The zero-order valence-corrected chi connectivity index (χ0v) is 12.5. The van der Waals surface area contributed by atoms with E-state index in [0.717, 1.165) is 16.8 Å². The van der Waals surface area contributed by atoms with Gasteiger partial charge >= 0.3 is 0 Å². The number of aryl methyl sites for hydroxylation is 1. The normalized spacial score (nSPS) is 21.8. The fourth-order valence-electron chi connectivity index (χ4n) is 3.71. The minimum Gasteiger partial charge on any atom is -0.311 e. The maximum absolute atomic E-state index is 13.3.